The zero-order valence-electron chi connectivity index (χ0n) is 16.9. The summed E-state index contributed by atoms with van der Waals surface area (Å²) in [6, 6.07) is 14.7. The van der Waals surface area contributed by atoms with E-state index in [1.165, 1.54) is 0 Å². The Morgan fingerprint density at radius 1 is 1.19 bits per heavy atom. The number of hydrogen-bond donors (Lipinski definition) is 3. The highest BCUT2D eigenvalue weighted by Crippen LogP contribution is 2.23. The molecule has 1 aliphatic rings. The van der Waals surface area contributed by atoms with Crippen LogP contribution in [0.2, 0.25) is 0 Å². The maximum Gasteiger partial charge on any atom is 0.635 e. The molecule has 2 heterocycles. The van der Waals surface area contributed by atoms with E-state index in [1.54, 1.807) is 23.3 Å². The fraction of sp³-hybridized carbons (Fsp3) is 0.273. The van der Waals surface area contributed by atoms with Gasteiger partial charge in [-0.05, 0) is 30.2 Å². The second-order valence-corrected chi connectivity index (χ2v) is 7.47. The van der Waals surface area contributed by atoms with E-state index in [0.29, 0.717) is 18.5 Å². The second-order valence-electron chi connectivity index (χ2n) is 7.47. The number of nitrogens with one attached hydrogen (secondary N) is 1. The molecule has 2 aromatic carbocycles. The Bertz CT molecular complexity index is 1070. The predicted octanol–water partition coefficient (Wildman–Crippen LogP) is 1.77. The van der Waals surface area contributed by atoms with Crippen molar-refractivity contribution in [3.05, 3.63) is 65.9 Å². The molecule has 1 aliphatic heterocycles. The van der Waals surface area contributed by atoms with Crippen LogP contribution in [0.3, 0.4) is 0 Å². The minimum Gasteiger partial charge on any atom is -0.464 e. The summed E-state index contributed by atoms with van der Waals surface area (Å²) >= 11 is 0. The smallest absolute Gasteiger partial charge is 0.464 e. The van der Waals surface area contributed by atoms with Crippen LogP contribution in [0.15, 0.2) is 59.2 Å². The van der Waals surface area contributed by atoms with E-state index in [1.807, 2.05) is 36.4 Å². The zero-order valence-corrected chi connectivity index (χ0v) is 16.9. The van der Waals surface area contributed by atoms with Crippen LogP contribution in [0.1, 0.15) is 24.0 Å². The molecular weight excluding hydrogens is 399 g/mol. The summed E-state index contributed by atoms with van der Waals surface area (Å²) in [5.41, 5.74) is 3.07. The molecule has 1 aromatic heterocycles. The summed E-state index contributed by atoms with van der Waals surface area (Å²) in [6.07, 6.45) is 2.32. The maximum absolute atomic E-state index is 12.5. The molecule has 160 valence electrons. The van der Waals surface area contributed by atoms with Crippen molar-refractivity contribution < 1.29 is 28.7 Å². The van der Waals surface area contributed by atoms with Crippen molar-refractivity contribution in [2.45, 2.75) is 31.9 Å². The molecule has 3 aromatic rings. The first-order valence-corrected chi connectivity index (χ1v) is 10.1. The Hall–Kier alpha value is -3.14. The molecule has 2 amide bonds. The van der Waals surface area contributed by atoms with Gasteiger partial charge in [0.15, 0.2) is 0 Å². The number of amides is 2. The Kier molecular flexibility index (Phi) is 6.36. The zero-order chi connectivity index (χ0) is 21.8. The number of rotatable bonds is 8. The first-order chi connectivity index (χ1) is 15.0. The first kappa shape index (κ1) is 21.1. The monoisotopic (exact) mass is 422 g/mol. The number of hydrogen-bond acceptors (Lipinski definition) is 6. The van der Waals surface area contributed by atoms with Gasteiger partial charge in [0, 0.05) is 36.0 Å². The van der Waals surface area contributed by atoms with Crippen LogP contribution in [0.5, 0.6) is 0 Å². The van der Waals surface area contributed by atoms with Gasteiger partial charge in [0.2, 0.25) is 11.8 Å². The Morgan fingerprint density at radius 2 is 1.97 bits per heavy atom. The second kappa shape index (κ2) is 9.34. The number of carbonyl (C=O) groups is 2. The lowest BCUT2D eigenvalue weighted by atomic mass is 10.1. The largest absolute Gasteiger partial charge is 0.635 e. The van der Waals surface area contributed by atoms with Crippen molar-refractivity contribution in [3.63, 3.8) is 0 Å². The van der Waals surface area contributed by atoms with Gasteiger partial charge in [-0.25, -0.2) is 0 Å². The third kappa shape index (κ3) is 5.14. The summed E-state index contributed by atoms with van der Waals surface area (Å²) in [5.74, 6) is -0.219. The Labute approximate surface area is 179 Å². The molecule has 3 N–H and O–H groups in total. The van der Waals surface area contributed by atoms with E-state index in [4.69, 9.17) is 9.07 Å². The third-order valence-electron chi connectivity index (χ3n) is 5.26. The molecule has 1 fully saturated rings. The van der Waals surface area contributed by atoms with E-state index >= 15 is 0 Å². The predicted molar refractivity (Wildman–Crippen MR) is 115 cm³/mol. The standard InChI is InChI=1S/C22H23BN2O6/c26-20(12-15-7-9-17(10-8-15)25-11-3-6-22(25)27)24-21(31-23(28)29)13-16-14-30-19-5-2-1-4-18(16)19/h1-2,4-5,7-10,14,21,28-29H,3,6,11-13H2,(H,24,26)/t21-/m1/s1. The number of benzene rings is 2. The van der Waals surface area contributed by atoms with Crippen LogP contribution >= 0.6 is 0 Å². The van der Waals surface area contributed by atoms with Gasteiger partial charge in [0.05, 0.1) is 12.7 Å². The van der Waals surface area contributed by atoms with Crippen LogP contribution in [0.4, 0.5) is 5.69 Å². The van der Waals surface area contributed by atoms with Crippen LogP contribution in [0.25, 0.3) is 11.0 Å². The van der Waals surface area contributed by atoms with Crippen molar-refractivity contribution in [2.75, 3.05) is 11.4 Å². The highest BCUT2D eigenvalue weighted by Gasteiger charge is 2.23. The SMILES string of the molecule is O=C(Cc1ccc(N2CCCC2=O)cc1)N[C@@H](Cc1coc2ccccc12)OB(O)O. The van der Waals surface area contributed by atoms with Gasteiger partial charge in [0.1, 0.15) is 11.8 Å². The molecule has 1 atom stereocenters. The molecule has 8 nitrogen and oxygen atoms in total. The molecule has 0 bridgehead atoms. The lowest BCUT2D eigenvalue weighted by molar-refractivity contribution is -0.123. The fourth-order valence-electron chi connectivity index (χ4n) is 3.80. The molecule has 0 saturated carbocycles. The summed E-state index contributed by atoms with van der Waals surface area (Å²) in [6.45, 7) is 0.712. The average molecular weight is 422 g/mol. The average Bonchev–Trinajstić information content (AvgIpc) is 3.34. The number of anilines is 1. The summed E-state index contributed by atoms with van der Waals surface area (Å²) in [4.78, 5) is 26.1. The van der Waals surface area contributed by atoms with Crippen molar-refractivity contribution >= 4 is 35.8 Å². The summed E-state index contributed by atoms with van der Waals surface area (Å²) in [5, 5.41) is 22.1. The van der Waals surface area contributed by atoms with Crippen molar-refractivity contribution in [3.8, 4) is 0 Å². The molecule has 4 rings (SSSR count). The number of carbonyl (C=O) groups excluding carboxylic acids is 2. The maximum atomic E-state index is 12.5. The minimum atomic E-state index is -2.03. The van der Waals surface area contributed by atoms with Gasteiger partial charge in [0.25, 0.3) is 0 Å². The molecule has 0 unspecified atom stereocenters. The van der Waals surface area contributed by atoms with Gasteiger partial charge >= 0.3 is 7.32 Å². The number of para-hydroxylation sites is 1. The summed E-state index contributed by atoms with van der Waals surface area (Å²) in [7, 11) is -2.03. The highest BCUT2D eigenvalue weighted by molar-refractivity contribution is 6.32. The van der Waals surface area contributed by atoms with E-state index in [0.717, 1.165) is 28.6 Å². The fourth-order valence-corrected chi connectivity index (χ4v) is 3.80. The topological polar surface area (TPSA) is 112 Å². The molecule has 0 aliphatic carbocycles. The van der Waals surface area contributed by atoms with Gasteiger partial charge in [-0.1, -0.05) is 30.3 Å². The van der Waals surface area contributed by atoms with E-state index in [9.17, 15) is 19.6 Å². The van der Waals surface area contributed by atoms with E-state index < -0.39 is 13.5 Å². The lowest BCUT2D eigenvalue weighted by Gasteiger charge is -2.19. The van der Waals surface area contributed by atoms with Gasteiger partial charge in [-0.15, -0.1) is 0 Å². The number of fused-ring (bicyclic) bond motifs is 1. The molecule has 9 heteroatoms. The first-order valence-electron chi connectivity index (χ1n) is 10.1. The lowest BCUT2D eigenvalue weighted by Crippen LogP contribution is -2.43. The van der Waals surface area contributed by atoms with Crippen molar-refractivity contribution in [2.24, 2.45) is 0 Å². The van der Waals surface area contributed by atoms with Gasteiger partial charge in [-0.2, -0.15) is 0 Å². The minimum absolute atomic E-state index is 0.0851. The van der Waals surface area contributed by atoms with E-state index in [2.05, 4.69) is 5.32 Å². The van der Waals surface area contributed by atoms with Gasteiger partial charge < -0.3 is 29.3 Å². The van der Waals surface area contributed by atoms with Crippen LogP contribution in [-0.4, -0.2) is 42.0 Å². The van der Waals surface area contributed by atoms with Crippen LogP contribution in [0, 0.1) is 0 Å². The third-order valence-corrected chi connectivity index (χ3v) is 5.26. The molecule has 1 saturated heterocycles. The normalized spacial score (nSPS) is 14.8. The van der Waals surface area contributed by atoms with Crippen molar-refractivity contribution in [1.29, 1.82) is 0 Å². The number of nitrogens with zero attached hydrogens (tertiary/aromatic N) is 1. The van der Waals surface area contributed by atoms with E-state index in [-0.39, 0.29) is 24.7 Å². The van der Waals surface area contributed by atoms with Crippen LogP contribution < -0.4 is 10.2 Å². The number of furan rings is 1. The molecular formula is C22H23BN2O6. The Balaban J connectivity index is 1.40. The van der Waals surface area contributed by atoms with Crippen molar-refractivity contribution in [1.82, 2.24) is 5.32 Å². The summed E-state index contributed by atoms with van der Waals surface area (Å²) < 4.78 is 10.6. The quantitative estimate of drug-likeness (QED) is 0.377. The molecule has 31 heavy (non-hydrogen) atoms. The van der Waals surface area contributed by atoms with Gasteiger partial charge in [-0.3, -0.25) is 9.59 Å². The van der Waals surface area contributed by atoms with Crippen LogP contribution in [-0.2, 0) is 27.1 Å². The Morgan fingerprint density at radius 3 is 2.68 bits per heavy atom. The molecule has 0 spiro atoms. The highest BCUT2D eigenvalue weighted by atomic mass is 16.6. The molecule has 0 radical (unpaired) electrons.